The molecule has 0 aliphatic rings. The van der Waals surface area contributed by atoms with Gasteiger partial charge in [-0.15, -0.1) is 0 Å². The van der Waals surface area contributed by atoms with Gasteiger partial charge in [-0.05, 0) is 119 Å². The summed E-state index contributed by atoms with van der Waals surface area (Å²) < 4.78 is 42.5. The zero-order chi connectivity index (χ0) is 25.5. The van der Waals surface area contributed by atoms with Crippen molar-refractivity contribution in [1.29, 1.82) is 0 Å². The highest BCUT2D eigenvalue weighted by Gasteiger charge is 2.27. The number of halogens is 2. The molecule has 0 saturated heterocycles. The Balaban J connectivity index is 2.37. The lowest BCUT2D eigenvalue weighted by molar-refractivity contribution is 0.0502. The van der Waals surface area contributed by atoms with Crippen molar-refractivity contribution < 1.29 is 27.8 Å². The molecular weight excluding hydrogens is 681 g/mol. The average molecular weight is 716 g/mol. The Morgan fingerprint density at radius 1 is 0.971 bits per heavy atom. The molecule has 2 rings (SSSR count). The molecule has 0 bridgehead atoms. The highest BCUT2D eigenvalue weighted by atomic mass is 127. The van der Waals surface area contributed by atoms with E-state index in [0.29, 0.717) is 19.1 Å². The van der Waals surface area contributed by atoms with E-state index >= 15 is 0 Å². The topological polar surface area (TPSA) is 63.2 Å². The fraction of sp³-hybridized carbons (Fsp3) is 0.520. The van der Waals surface area contributed by atoms with Gasteiger partial charge < -0.3 is 23.3 Å². The predicted molar refractivity (Wildman–Crippen MR) is 154 cm³/mol. The maximum atomic E-state index is 12.9. The van der Waals surface area contributed by atoms with Gasteiger partial charge in [0.2, 0.25) is 0 Å². The molecule has 0 spiro atoms. The van der Waals surface area contributed by atoms with E-state index < -0.39 is 7.60 Å². The Labute approximate surface area is 231 Å². The summed E-state index contributed by atoms with van der Waals surface area (Å²) in [4.78, 5) is 0. The van der Waals surface area contributed by atoms with Crippen molar-refractivity contribution in [3.63, 3.8) is 0 Å². The van der Waals surface area contributed by atoms with Crippen molar-refractivity contribution in [3.8, 4) is 11.5 Å². The van der Waals surface area contributed by atoms with E-state index in [4.69, 9.17) is 23.3 Å². The Hall–Kier alpha value is -0.390. The van der Waals surface area contributed by atoms with Gasteiger partial charge in [0.15, 0.2) is 13.1 Å². The summed E-state index contributed by atoms with van der Waals surface area (Å²) in [6, 6.07) is 6.36. The first kappa shape index (κ1) is 29.8. The summed E-state index contributed by atoms with van der Waals surface area (Å²) in [5.41, 5.74) is 5.96. The van der Waals surface area contributed by atoms with Gasteiger partial charge in [-0.25, -0.2) is 0 Å². The average Bonchev–Trinajstić information content (AvgIpc) is 2.79. The van der Waals surface area contributed by atoms with Crippen LogP contribution in [0.25, 0.3) is 0 Å². The van der Waals surface area contributed by atoms with Gasteiger partial charge in [-0.2, -0.15) is 0 Å². The second-order valence-corrected chi connectivity index (χ2v) is 12.3. The highest BCUT2D eigenvalue weighted by molar-refractivity contribution is 14.1. The monoisotopic (exact) mass is 716 g/mol. The summed E-state index contributed by atoms with van der Waals surface area (Å²) >= 11 is 4.63. The van der Waals surface area contributed by atoms with E-state index in [-0.39, 0.29) is 13.1 Å². The van der Waals surface area contributed by atoms with Crippen molar-refractivity contribution in [1.82, 2.24) is 0 Å². The van der Waals surface area contributed by atoms with E-state index in [0.717, 1.165) is 41.8 Å². The van der Waals surface area contributed by atoms with Crippen molar-refractivity contribution in [2.24, 2.45) is 0 Å². The molecule has 0 amide bonds. The van der Waals surface area contributed by atoms with Crippen LogP contribution in [0.1, 0.15) is 61.4 Å². The van der Waals surface area contributed by atoms with E-state index in [1.165, 1.54) is 11.1 Å². The Morgan fingerprint density at radius 3 is 2.06 bits per heavy atom. The number of benzene rings is 2. The maximum Gasteiger partial charge on any atom is 0.367 e. The van der Waals surface area contributed by atoms with E-state index in [9.17, 15) is 4.57 Å². The predicted octanol–water partition coefficient (Wildman–Crippen LogP) is 7.81. The standard InChI is InChI=1S/C25H35I2O6P/c1-8-32-34(28,33-9-2)15-31-25-23(26)17(5)21(18(6)24(25)27)13-19-10-11-22(30-14-29-7)20(12-19)16(3)4/h10-12,16H,8-9,13-15H2,1-7H3. The molecule has 0 atom stereocenters. The lowest BCUT2D eigenvalue weighted by Gasteiger charge is -2.22. The third kappa shape index (κ3) is 7.56. The van der Waals surface area contributed by atoms with Crippen molar-refractivity contribution in [3.05, 3.63) is 53.2 Å². The third-order valence-electron chi connectivity index (χ3n) is 5.39. The first-order valence-corrected chi connectivity index (χ1v) is 15.2. The van der Waals surface area contributed by atoms with Crippen LogP contribution in [0.15, 0.2) is 18.2 Å². The summed E-state index contributed by atoms with van der Waals surface area (Å²) in [5.74, 6) is 1.91. The van der Waals surface area contributed by atoms with Crippen molar-refractivity contribution in [2.75, 3.05) is 33.5 Å². The van der Waals surface area contributed by atoms with Crippen LogP contribution in [-0.2, 0) is 24.8 Å². The van der Waals surface area contributed by atoms with Crippen LogP contribution < -0.4 is 9.47 Å². The molecule has 0 aromatic heterocycles. The van der Waals surface area contributed by atoms with Gasteiger partial charge in [-0.3, -0.25) is 4.57 Å². The summed E-state index contributed by atoms with van der Waals surface area (Å²) in [6.07, 6.45) is 0.685. The smallest absolute Gasteiger partial charge is 0.367 e. The molecule has 0 unspecified atom stereocenters. The molecule has 2 aromatic rings. The summed E-state index contributed by atoms with van der Waals surface area (Å²) in [5, 5.41) is 0. The molecule has 6 nitrogen and oxygen atoms in total. The second-order valence-electron chi connectivity index (χ2n) is 8.16. The quantitative estimate of drug-likeness (QED) is 0.120. The molecule has 190 valence electrons. The fourth-order valence-corrected chi connectivity index (χ4v) is 6.96. The van der Waals surface area contributed by atoms with Crippen LogP contribution in [-0.4, -0.2) is 33.5 Å². The molecule has 0 aliphatic carbocycles. The molecule has 0 N–H and O–H groups in total. The molecule has 0 fully saturated rings. The lowest BCUT2D eigenvalue weighted by atomic mass is 9.93. The normalized spacial score (nSPS) is 11.8. The largest absolute Gasteiger partial charge is 0.479 e. The van der Waals surface area contributed by atoms with E-state index in [2.05, 4.69) is 85.0 Å². The number of ether oxygens (including phenoxy) is 3. The molecular formula is C25H35I2O6P. The number of rotatable bonds is 13. The van der Waals surface area contributed by atoms with Crippen molar-refractivity contribution in [2.45, 2.75) is 53.9 Å². The van der Waals surface area contributed by atoms with Gasteiger partial charge in [0.25, 0.3) is 0 Å². The maximum absolute atomic E-state index is 12.9. The van der Waals surface area contributed by atoms with Crippen LogP contribution in [0.4, 0.5) is 0 Å². The zero-order valence-corrected chi connectivity index (χ0v) is 26.2. The van der Waals surface area contributed by atoms with Crippen LogP contribution in [0, 0.1) is 21.0 Å². The first-order chi connectivity index (χ1) is 16.1. The molecule has 0 aliphatic heterocycles. The minimum atomic E-state index is -3.30. The Bertz CT molecular complexity index is 986. The number of hydrogen-bond acceptors (Lipinski definition) is 6. The van der Waals surface area contributed by atoms with Gasteiger partial charge in [0, 0.05) is 7.11 Å². The van der Waals surface area contributed by atoms with Gasteiger partial charge in [0.05, 0.1) is 20.4 Å². The van der Waals surface area contributed by atoms with E-state index in [1.807, 2.05) is 6.07 Å². The van der Waals surface area contributed by atoms with Crippen LogP contribution in [0.5, 0.6) is 11.5 Å². The lowest BCUT2D eigenvalue weighted by Crippen LogP contribution is -2.10. The molecule has 0 heterocycles. The van der Waals surface area contributed by atoms with Gasteiger partial charge >= 0.3 is 7.60 Å². The first-order valence-electron chi connectivity index (χ1n) is 11.3. The van der Waals surface area contributed by atoms with Crippen LogP contribution in [0.2, 0.25) is 0 Å². The van der Waals surface area contributed by atoms with Gasteiger partial charge in [0.1, 0.15) is 11.5 Å². The third-order valence-corrected chi connectivity index (χ3v) is 9.74. The number of hydrogen-bond donors (Lipinski definition) is 0. The van der Waals surface area contributed by atoms with Gasteiger partial charge in [-0.1, -0.05) is 26.0 Å². The molecule has 0 radical (unpaired) electrons. The minimum absolute atomic E-state index is 0.112. The molecule has 34 heavy (non-hydrogen) atoms. The SMILES string of the molecule is CCOP(=O)(COc1c(I)c(C)c(Cc2ccc(OCOC)c(C(C)C)c2)c(C)c1I)OCC. The Kier molecular flexibility index (Phi) is 12.1. The minimum Gasteiger partial charge on any atom is -0.479 e. The zero-order valence-electron chi connectivity index (χ0n) is 21.0. The number of methoxy groups -OCH3 is 1. The Morgan fingerprint density at radius 2 is 1.56 bits per heavy atom. The molecule has 9 heteroatoms. The fourth-order valence-electron chi connectivity index (χ4n) is 3.64. The van der Waals surface area contributed by atoms with Crippen molar-refractivity contribution >= 4 is 52.8 Å². The summed E-state index contributed by atoms with van der Waals surface area (Å²) in [6.45, 7) is 13.0. The van der Waals surface area contributed by atoms with Crippen LogP contribution in [0.3, 0.4) is 0 Å². The van der Waals surface area contributed by atoms with Crippen LogP contribution >= 0.6 is 52.8 Å². The second kappa shape index (κ2) is 13.8. The highest BCUT2D eigenvalue weighted by Crippen LogP contribution is 2.49. The molecule has 0 saturated carbocycles. The van der Waals surface area contributed by atoms with E-state index in [1.54, 1.807) is 21.0 Å². The summed E-state index contributed by atoms with van der Waals surface area (Å²) in [7, 11) is -1.68. The molecule has 2 aromatic carbocycles.